The molecule has 0 fully saturated rings. The lowest BCUT2D eigenvalue weighted by molar-refractivity contribution is 0.0954. The van der Waals surface area contributed by atoms with Crippen molar-refractivity contribution in [2.75, 3.05) is 14.2 Å². The van der Waals surface area contributed by atoms with E-state index >= 15 is 0 Å². The van der Waals surface area contributed by atoms with Crippen molar-refractivity contribution in [2.45, 2.75) is 13.5 Å². The number of benzene rings is 1. The van der Waals surface area contributed by atoms with Gasteiger partial charge in [0.15, 0.2) is 0 Å². The van der Waals surface area contributed by atoms with Gasteiger partial charge in [-0.2, -0.15) is 0 Å². The standard InChI is InChI=1S/C18H18N2O3S2/c1-11-16(25-18(20-11)15-5-4-8-24-15)17(21)19-10-12-6-7-13(22-2)9-14(12)23-3/h4-9H,10H2,1-3H3,(H,19,21). The van der Waals surface area contributed by atoms with Crippen LogP contribution in [0.5, 0.6) is 11.5 Å². The molecular formula is C18H18N2O3S2. The molecule has 0 unspecified atom stereocenters. The average molecular weight is 374 g/mol. The first-order valence-electron chi connectivity index (χ1n) is 7.62. The molecule has 0 aliphatic heterocycles. The van der Waals surface area contributed by atoms with Crippen LogP contribution in [0.3, 0.4) is 0 Å². The predicted molar refractivity (Wildman–Crippen MR) is 101 cm³/mol. The van der Waals surface area contributed by atoms with Gasteiger partial charge in [-0.15, -0.1) is 22.7 Å². The minimum Gasteiger partial charge on any atom is -0.497 e. The molecule has 0 saturated carbocycles. The number of hydrogen-bond acceptors (Lipinski definition) is 6. The molecule has 0 spiro atoms. The normalized spacial score (nSPS) is 10.5. The minimum atomic E-state index is -0.129. The quantitative estimate of drug-likeness (QED) is 0.705. The van der Waals surface area contributed by atoms with Crippen LogP contribution < -0.4 is 14.8 Å². The van der Waals surface area contributed by atoms with Crippen LogP contribution in [0.15, 0.2) is 35.7 Å². The number of nitrogens with one attached hydrogen (secondary N) is 1. The lowest BCUT2D eigenvalue weighted by atomic mass is 10.2. The van der Waals surface area contributed by atoms with Crippen LogP contribution in [0.25, 0.3) is 9.88 Å². The summed E-state index contributed by atoms with van der Waals surface area (Å²) >= 11 is 3.03. The molecule has 1 N–H and O–H groups in total. The van der Waals surface area contributed by atoms with Gasteiger partial charge in [-0.1, -0.05) is 6.07 Å². The summed E-state index contributed by atoms with van der Waals surface area (Å²) in [5.41, 5.74) is 1.63. The number of thiophene rings is 1. The second kappa shape index (κ2) is 7.67. The van der Waals surface area contributed by atoms with E-state index in [0.29, 0.717) is 22.9 Å². The Morgan fingerprint density at radius 3 is 2.76 bits per heavy atom. The highest BCUT2D eigenvalue weighted by molar-refractivity contribution is 7.22. The van der Waals surface area contributed by atoms with Crippen molar-refractivity contribution >= 4 is 28.6 Å². The summed E-state index contributed by atoms with van der Waals surface area (Å²) in [4.78, 5) is 18.8. The SMILES string of the molecule is COc1ccc(CNC(=O)c2sc(-c3cccs3)nc2C)c(OC)c1. The second-order valence-electron chi connectivity index (χ2n) is 5.27. The van der Waals surface area contributed by atoms with Crippen molar-refractivity contribution in [1.82, 2.24) is 10.3 Å². The fourth-order valence-electron chi connectivity index (χ4n) is 2.37. The van der Waals surface area contributed by atoms with Gasteiger partial charge in [0.25, 0.3) is 5.91 Å². The molecule has 0 saturated heterocycles. The first-order valence-corrected chi connectivity index (χ1v) is 9.32. The number of methoxy groups -OCH3 is 2. The Labute approximate surface area is 154 Å². The molecule has 7 heteroatoms. The summed E-state index contributed by atoms with van der Waals surface area (Å²) in [6.45, 7) is 2.23. The molecular weight excluding hydrogens is 356 g/mol. The number of hydrogen-bond donors (Lipinski definition) is 1. The van der Waals surface area contributed by atoms with E-state index < -0.39 is 0 Å². The molecule has 3 rings (SSSR count). The number of ether oxygens (including phenoxy) is 2. The van der Waals surface area contributed by atoms with Gasteiger partial charge in [-0.25, -0.2) is 4.98 Å². The van der Waals surface area contributed by atoms with Gasteiger partial charge in [0, 0.05) is 18.2 Å². The Kier molecular flexibility index (Phi) is 5.35. The van der Waals surface area contributed by atoms with Crippen molar-refractivity contribution in [1.29, 1.82) is 0 Å². The Hall–Kier alpha value is -2.38. The third kappa shape index (κ3) is 3.83. The average Bonchev–Trinajstić information content (AvgIpc) is 3.29. The number of carbonyl (C=O) groups is 1. The van der Waals surface area contributed by atoms with Gasteiger partial charge in [0.05, 0.1) is 24.8 Å². The van der Waals surface area contributed by atoms with Crippen LogP contribution in [-0.4, -0.2) is 25.1 Å². The summed E-state index contributed by atoms with van der Waals surface area (Å²) in [5.74, 6) is 1.27. The summed E-state index contributed by atoms with van der Waals surface area (Å²) in [6.07, 6.45) is 0. The highest BCUT2D eigenvalue weighted by Gasteiger charge is 2.17. The number of nitrogens with zero attached hydrogens (tertiary/aromatic N) is 1. The first-order chi connectivity index (χ1) is 12.1. The van der Waals surface area contributed by atoms with E-state index in [1.807, 2.05) is 36.6 Å². The molecule has 2 aromatic heterocycles. The summed E-state index contributed by atoms with van der Waals surface area (Å²) in [6, 6.07) is 9.51. The zero-order valence-electron chi connectivity index (χ0n) is 14.2. The summed E-state index contributed by atoms with van der Waals surface area (Å²) < 4.78 is 10.6. The third-order valence-electron chi connectivity index (χ3n) is 3.67. The van der Waals surface area contributed by atoms with Gasteiger partial charge < -0.3 is 14.8 Å². The molecule has 5 nitrogen and oxygen atoms in total. The maximum atomic E-state index is 12.5. The Balaban J connectivity index is 1.73. The number of aryl methyl sites for hydroxylation is 1. The summed E-state index contributed by atoms with van der Waals surface area (Å²) in [7, 11) is 3.20. The largest absolute Gasteiger partial charge is 0.497 e. The molecule has 130 valence electrons. The lowest BCUT2D eigenvalue weighted by Crippen LogP contribution is -2.22. The van der Waals surface area contributed by atoms with Gasteiger partial charge in [0.1, 0.15) is 21.4 Å². The molecule has 1 amide bonds. The highest BCUT2D eigenvalue weighted by atomic mass is 32.1. The van der Waals surface area contributed by atoms with E-state index in [0.717, 1.165) is 21.1 Å². The van der Waals surface area contributed by atoms with Crippen molar-refractivity contribution in [3.63, 3.8) is 0 Å². The van der Waals surface area contributed by atoms with Crippen molar-refractivity contribution < 1.29 is 14.3 Å². The molecule has 25 heavy (non-hydrogen) atoms. The van der Waals surface area contributed by atoms with E-state index in [1.165, 1.54) is 11.3 Å². The van der Waals surface area contributed by atoms with E-state index in [2.05, 4.69) is 10.3 Å². The van der Waals surface area contributed by atoms with Crippen LogP contribution >= 0.6 is 22.7 Å². The maximum absolute atomic E-state index is 12.5. The lowest BCUT2D eigenvalue weighted by Gasteiger charge is -2.11. The number of amides is 1. The van der Waals surface area contributed by atoms with Crippen LogP contribution in [-0.2, 0) is 6.54 Å². The Morgan fingerprint density at radius 1 is 1.24 bits per heavy atom. The van der Waals surface area contributed by atoms with E-state index in [1.54, 1.807) is 31.6 Å². The van der Waals surface area contributed by atoms with Crippen LogP contribution in [0.1, 0.15) is 20.9 Å². The molecule has 3 aromatic rings. The fraction of sp³-hybridized carbons (Fsp3) is 0.222. The van der Waals surface area contributed by atoms with Gasteiger partial charge in [-0.05, 0) is 30.5 Å². The molecule has 0 aliphatic rings. The van der Waals surface area contributed by atoms with Gasteiger partial charge >= 0.3 is 0 Å². The first kappa shape index (κ1) is 17.4. The van der Waals surface area contributed by atoms with Gasteiger partial charge in [0.2, 0.25) is 0 Å². The van der Waals surface area contributed by atoms with Crippen molar-refractivity contribution in [3.8, 4) is 21.4 Å². The number of carbonyl (C=O) groups excluding carboxylic acids is 1. The van der Waals surface area contributed by atoms with Crippen LogP contribution in [0.4, 0.5) is 0 Å². The second-order valence-corrected chi connectivity index (χ2v) is 7.22. The van der Waals surface area contributed by atoms with Crippen molar-refractivity contribution in [3.05, 3.63) is 51.8 Å². The molecule has 1 aromatic carbocycles. The van der Waals surface area contributed by atoms with Crippen molar-refractivity contribution in [2.24, 2.45) is 0 Å². The van der Waals surface area contributed by atoms with Crippen LogP contribution in [0, 0.1) is 6.92 Å². The fourth-order valence-corrected chi connectivity index (χ4v) is 4.15. The zero-order valence-corrected chi connectivity index (χ0v) is 15.8. The Bertz CT molecular complexity index is 873. The zero-order chi connectivity index (χ0) is 17.8. The molecule has 2 heterocycles. The number of rotatable bonds is 6. The summed E-state index contributed by atoms with van der Waals surface area (Å²) in [5, 5.41) is 5.82. The monoisotopic (exact) mass is 374 g/mol. The van der Waals surface area contributed by atoms with Crippen LogP contribution in [0.2, 0.25) is 0 Å². The minimum absolute atomic E-state index is 0.129. The van der Waals surface area contributed by atoms with E-state index in [4.69, 9.17) is 9.47 Å². The Morgan fingerprint density at radius 2 is 2.08 bits per heavy atom. The molecule has 0 radical (unpaired) electrons. The van der Waals surface area contributed by atoms with E-state index in [9.17, 15) is 4.79 Å². The smallest absolute Gasteiger partial charge is 0.263 e. The van der Waals surface area contributed by atoms with E-state index in [-0.39, 0.29) is 5.91 Å². The highest BCUT2D eigenvalue weighted by Crippen LogP contribution is 2.31. The molecule has 0 bridgehead atoms. The predicted octanol–water partition coefficient (Wildman–Crippen LogP) is 4.13. The molecule has 0 aliphatic carbocycles. The number of aromatic nitrogens is 1. The molecule has 0 atom stereocenters. The topological polar surface area (TPSA) is 60.5 Å². The maximum Gasteiger partial charge on any atom is 0.263 e. The third-order valence-corrected chi connectivity index (χ3v) is 5.86. The number of thiazole rings is 1. The van der Waals surface area contributed by atoms with Gasteiger partial charge in [-0.3, -0.25) is 4.79 Å².